The summed E-state index contributed by atoms with van der Waals surface area (Å²) in [6, 6.07) is 7.32. The summed E-state index contributed by atoms with van der Waals surface area (Å²) in [4.78, 5) is 32.3. The molecule has 3 heterocycles. The van der Waals surface area contributed by atoms with Gasteiger partial charge in [-0.15, -0.1) is 0 Å². The van der Waals surface area contributed by atoms with Crippen molar-refractivity contribution in [1.82, 2.24) is 14.5 Å². The summed E-state index contributed by atoms with van der Waals surface area (Å²) in [6.07, 6.45) is 3.09. The molecule has 0 radical (unpaired) electrons. The molecule has 0 bridgehead atoms. The van der Waals surface area contributed by atoms with Gasteiger partial charge in [0.05, 0.1) is 23.0 Å². The molecule has 156 valence electrons. The Morgan fingerprint density at radius 3 is 2.62 bits per heavy atom. The molecule has 0 unspecified atom stereocenters. The van der Waals surface area contributed by atoms with Crippen LogP contribution in [-0.4, -0.2) is 57.4 Å². The molecule has 2 aromatic rings. The monoisotopic (exact) mass is 399 g/mol. The summed E-state index contributed by atoms with van der Waals surface area (Å²) in [7, 11) is 0. The van der Waals surface area contributed by atoms with E-state index in [1.807, 2.05) is 30.0 Å². The van der Waals surface area contributed by atoms with Gasteiger partial charge in [0.15, 0.2) is 0 Å². The molecular formula is C22H29N3O4. The van der Waals surface area contributed by atoms with Gasteiger partial charge in [-0.1, -0.05) is 19.1 Å². The van der Waals surface area contributed by atoms with Crippen LogP contribution >= 0.6 is 0 Å². The van der Waals surface area contributed by atoms with Crippen molar-refractivity contribution < 1.29 is 14.6 Å². The van der Waals surface area contributed by atoms with Crippen molar-refractivity contribution in [3.63, 3.8) is 0 Å². The number of carbonyl (C=O) groups is 1. The third-order valence-corrected chi connectivity index (χ3v) is 6.29. The Morgan fingerprint density at radius 1 is 1.24 bits per heavy atom. The molecule has 0 saturated carbocycles. The Bertz CT molecular complexity index is 941. The van der Waals surface area contributed by atoms with E-state index in [-0.39, 0.29) is 23.9 Å². The lowest BCUT2D eigenvalue weighted by molar-refractivity contribution is -0.143. The SMILES string of the molecule is CCc1nc2ccccc2c(=O)n1CC1(O)CCN(C(=O)C2CCOCC2)CC1. The third-order valence-electron chi connectivity index (χ3n) is 6.29. The number of carbonyl (C=O) groups excluding carboxylic acids is 1. The highest BCUT2D eigenvalue weighted by molar-refractivity contribution is 5.79. The van der Waals surface area contributed by atoms with E-state index in [0.717, 1.165) is 12.8 Å². The van der Waals surface area contributed by atoms with Gasteiger partial charge in [-0.2, -0.15) is 0 Å². The molecule has 1 aromatic carbocycles. The van der Waals surface area contributed by atoms with E-state index in [4.69, 9.17) is 4.74 Å². The first-order valence-corrected chi connectivity index (χ1v) is 10.6. The highest BCUT2D eigenvalue weighted by atomic mass is 16.5. The summed E-state index contributed by atoms with van der Waals surface area (Å²) < 4.78 is 6.97. The lowest BCUT2D eigenvalue weighted by Gasteiger charge is -2.40. The topological polar surface area (TPSA) is 84.7 Å². The highest BCUT2D eigenvalue weighted by Gasteiger charge is 2.37. The molecule has 4 rings (SSSR count). The van der Waals surface area contributed by atoms with Crippen LogP contribution in [0.2, 0.25) is 0 Å². The van der Waals surface area contributed by atoms with E-state index >= 15 is 0 Å². The Kier molecular flexibility index (Phi) is 5.69. The predicted molar refractivity (Wildman–Crippen MR) is 110 cm³/mol. The number of aromatic nitrogens is 2. The minimum atomic E-state index is -1.01. The van der Waals surface area contributed by atoms with E-state index in [1.165, 1.54) is 0 Å². The maximum Gasteiger partial charge on any atom is 0.261 e. The molecule has 0 atom stereocenters. The summed E-state index contributed by atoms with van der Waals surface area (Å²) in [5.41, 5.74) is -0.430. The Balaban J connectivity index is 1.50. The second-order valence-corrected chi connectivity index (χ2v) is 8.23. The summed E-state index contributed by atoms with van der Waals surface area (Å²) in [5, 5.41) is 11.8. The highest BCUT2D eigenvalue weighted by Crippen LogP contribution is 2.27. The Labute approximate surface area is 170 Å². The second kappa shape index (κ2) is 8.24. The van der Waals surface area contributed by atoms with Crippen molar-refractivity contribution in [1.29, 1.82) is 0 Å². The Hall–Kier alpha value is -2.25. The zero-order chi connectivity index (χ0) is 20.4. The quantitative estimate of drug-likeness (QED) is 0.847. The van der Waals surface area contributed by atoms with Gasteiger partial charge in [0.25, 0.3) is 5.56 Å². The molecule has 29 heavy (non-hydrogen) atoms. The number of hydrogen-bond donors (Lipinski definition) is 1. The molecule has 7 heteroatoms. The summed E-state index contributed by atoms with van der Waals surface area (Å²) in [6.45, 7) is 4.50. The van der Waals surface area contributed by atoms with E-state index in [1.54, 1.807) is 10.6 Å². The van der Waals surface area contributed by atoms with Gasteiger partial charge in [0.1, 0.15) is 5.82 Å². The molecule has 2 aliphatic heterocycles. The minimum Gasteiger partial charge on any atom is -0.388 e. The lowest BCUT2D eigenvalue weighted by Crippen LogP contribution is -2.51. The predicted octanol–water partition coefficient (Wildman–Crippen LogP) is 1.74. The molecule has 0 spiro atoms. The van der Waals surface area contributed by atoms with Crippen molar-refractivity contribution in [3.05, 3.63) is 40.4 Å². The molecule has 2 aliphatic rings. The maximum atomic E-state index is 13.0. The lowest BCUT2D eigenvalue weighted by atomic mass is 9.89. The summed E-state index contributed by atoms with van der Waals surface area (Å²) >= 11 is 0. The first kappa shape index (κ1) is 20.0. The van der Waals surface area contributed by atoms with Crippen LogP contribution < -0.4 is 5.56 Å². The van der Waals surface area contributed by atoms with Crippen LogP contribution in [0.15, 0.2) is 29.1 Å². The zero-order valence-corrected chi connectivity index (χ0v) is 17.0. The molecule has 1 aromatic heterocycles. The molecule has 1 N–H and O–H groups in total. The van der Waals surface area contributed by atoms with Crippen molar-refractivity contribution >= 4 is 16.8 Å². The van der Waals surface area contributed by atoms with E-state index in [9.17, 15) is 14.7 Å². The average molecular weight is 399 g/mol. The Morgan fingerprint density at radius 2 is 1.93 bits per heavy atom. The largest absolute Gasteiger partial charge is 0.388 e. The molecule has 2 fully saturated rings. The minimum absolute atomic E-state index is 0.0361. The number of para-hydroxylation sites is 1. The number of hydrogen-bond acceptors (Lipinski definition) is 5. The normalized spacial score (nSPS) is 20.1. The van der Waals surface area contributed by atoms with Crippen LogP contribution in [0, 0.1) is 5.92 Å². The zero-order valence-electron chi connectivity index (χ0n) is 17.0. The fraction of sp³-hybridized carbons (Fsp3) is 0.591. The first-order valence-electron chi connectivity index (χ1n) is 10.6. The number of piperidine rings is 1. The number of fused-ring (bicyclic) bond motifs is 1. The number of aryl methyl sites for hydroxylation is 1. The number of likely N-dealkylation sites (tertiary alicyclic amines) is 1. The van der Waals surface area contributed by atoms with Crippen LogP contribution in [0.3, 0.4) is 0 Å². The number of amides is 1. The van der Waals surface area contributed by atoms with E-state index in [2.05, 4.69) is 4.98 Å². The van der Waals surface area contributed by atoms with Crippen LogP contribution in [0.5, 0.6) is 0 Å². The molecular weight excluding hydrogens is 370 g/mol. The van der Waals surface area contributed by atoms with Crippen LogP contribution in [0.4, 0.5) is 0 Å². The molecule has 7 nitrogen and oxygen atoms in total. The van der Waals surface area contributed by atoms with Crippen LogP contribution in [-0.2, 0) is 22.5 Å². The van der Waals surface area contributed by atoms with E-state index in [0.29, 0.717) is 62.3 Å². The number of nitrogens with zero attached hydrogens (tertiary/aromatic N) is 3. The van der Waals surface area contributed by atoms with Gasteiger partial charge < -0.3 is 14.7 Å². The smallest absolute Gasteiger partial charge is 0.261 e. The number of rotatable bonds is 4. The number of benzene rings is 1. The van der Waals surface area contributed by atoms with Gasteiger partial charge in [-0.25, -0.2) is 4.98 Å². The van der Waals surface area contributed by atoms with E-state index < -0.39 is 5.60 Å². The molecule has 2 saturated heterocycles. The average Bonchev–Trinajstić information content (AvgIpc) is 2.76. The number of ether oxygens (including phenoxy) is 1. The molecule has 1 amide bonds. The maximum absolute atomic E-state index is 13.0. The van der Waals surface area contributed by atoms with Gasteiger partial charge in [0.2, 0.25) is 5.91 Å². The molecule has 0 aliphatic carbocycles. The van der Waals surface area contributed by atoms with Crippen LogP contribution in [0.1, 0.15) is 38.4 Å². The fourth-order valence-corrected chi connectivity index (χ4v) is 4.45. The van der Waals surface area contributed by atoms with Crippen molar-refractivity contribution in [2.75, 3.05) is 26.3 Å². The number of aliphatic hydroxyl groups is 1. The van der Waals surface area contributed by atoms with Gasteiger partial charge in [-0.3, -0.25) is 14.2 Å². The van der Waals surface area contributed by atoms with Crippen molar-refractivity contribution in [2.45, 2.75) is 51.2 Å². The van der Waals surface area contributed by atoms with Crippen LogP contribution in [0.25, 0.3) is 10.9 Å². The fourth-order valence-electron chi connectivity index (χ4n) is 4.45. The van der Waals surface area contributed by atoms with Gasteiger partial charge in [-0.05, 0) is 37.8 Å². The third kappa shape index (κ3) is 4.07. The van der Waals surface area contributed by atoms with Gasteiger partial charge >= 0.3 is 0 Å². The second-order valence-electron chi connectivity index (χ2n) is 8.23. The van der Waals surface area contributed by atoms with Crippen molar-refractivity contribution in [3.8, 4) is 0 Å². The first-order chi connectivity index (χ1) is 14.0. The summed E-state index contributed by atoms with van der Waals surface area (Å²) in [5.74, 6) is 0.894. The van der Waals surface area contributed by atoms with Crippen molar-refractivity contribution in [2.24, 2.45) is 5.92 Å². The standard InChI is InChI=1S/C22H29N3O4/c1-2-19-23-18-6-4-3-5-17(18)21(27)25(19)15-22(28)9-11-24(12-10-22)20(26)16-7-13-29-14-8-16/h3-6,16,28H,2,7-15H2,1H3. The van der Waals surface area contributed by atoms with Gasteiger partial charge in [0, 0.05) is 38.6 Å².